The Bertz CT molecular complexity index is 464. The maximum Gasteiger partial charge on any atom is 0.219 e. The van der Waals surface area contributed by atoms with Crippen molar-refractivity contribution in [1.82, 2.24) is 9.80 Å². The van der Waals surface area contributed by atoms with Gasteiger partial charge in [0.05, 0.1) is 0 Å². The molecule has 104 valence electrons. The van der Waals surface area contributed by atoms with Crippen LogP contribution >= 0.6 is 11.6 Å². The molecule has 0 unspecified atom stereocenters. The lowest BCUT2D eigenvalue weighted by Gasteiger charge is -2.21. The van der Waals surface area contributed by atoms with Crippen molar-refractivity contribution in [1.29, 1.82) is 0 Å². The first kappa shape index (κ1) is 14.2. The van der Waals surface area contributed by atoms with Gasteiger partial charge in [-0.3, -0.25) is 9.69 Å². The minimum Gasteiger partial charge on any atom is -0.398 e. The summed E-state index contributed by atoms with van der Waals surface area (Å²) < 4.78 is 0. The van der Waals surface area contributed by atoms with Gasteiger partial charge in [0.15, 0.2) is 0 Å². The first-order valence-electron chi connectivity index (χ1n) is 6.58. The lowest BCUT2D eigenvalue weighted by molar-refractivity contribution is -0.128. The number of nitrogen functional groups attached to an aromatic ring is 1. The Balaban J connectivity index is 1.97. The zero-order valence-corrected chi connectivity index (χ0v) is 12.0. The molecule has 0 atom stereocenters. The highest BCUT2D eigenvalue weighted by molar-refractivity contribution is 6.30. The maximum atomic E-state index is 11.4. The van der Waals surface area contributed by atoms with Crippen molar-refractivity contribution >= 4 is 23.2 Å². The Kier molecular flexibility index (Phi) is 4.66. The molecular weight excluding hydrogens is 262 g/mol. The maximum absolute atomic E-state index is 11.4. The van der Waals surface area contributed by atoms with E-state index in [1.165, 1.54) is 0 Å². The molecule has 1 heterocycles. The van der Waals surface area contributed by atoms with Crippen LogP contribution < -0.4 is 5.73 Å². The van der Waals surface area contributed by atoms with Crippen LogP contribution in [0.4, 0.5) is 5.69 Å². The highest BCUT2D eigenvalue weighted by atomic mass is 35.5. The van der Waals surface area contributed by atoms with Crippen LogP contribution in [0, 0.1) is 0 Å². The van der Waals surface area contributed by atoms with Crippen molar-refractivity contribution < 1.29 is 4.79 Å². The smallest absolute Gasteiger partial charge is 0.219 e. The molecule has 0 saturated carbocycles. The van der Waals surface area contributed by atoms with Gasteiger partial charge in [0.1, 0.15) is 0 Å². The van der Waals surface area contributed by atoms with E-state index >= 15 is 0 Å². The fraction of sp³-hybridized carbons (Fsp3) is 0.500. The quantitative estimate of drug-likeness (QED) is 0.844. The average molecular weight is 282 g/mol. The van der Waals surface area contributed by atoms with Crippen LogP contribution in [0.2, 0.25) is 5.02 Å². The monoisotopic (exact) mass is 281 g/mol. The first-order chi connectivity index (χ1) is 9.06. The fourth-order valence-electron chi connectivity index (χ4n) is 2.39. The molecule has 2 rings (SSSR count). The number of nitrogens with two attached hydrogens (primary N) is 1. The SMILES string of the molecule is CC(=O)N1CCCN(Cc2ccc(Cl)cc2N)CC1. The van der Waals surface area contributed by atoms with Crippen LogP contribution in [0.15, 0.2) is 18.2 Å². The largest absolute Gasteiger partial charge is 0.398 e. The molecule has 1 fully saturated rings. The summed E-state index contributed by atoms with van der Waals surface area (Å²) in [6.07, 6.45) is 1.01. The molecule has 1 aliphatic rings. The van der Waals surface area contributed by atoms with Gasteiger partial charge in [-0.1, -0.05) is 17.7 Å². The molecule has 1 aromatic rings. The number of hydrogen-bond donors (Lipinski definition) is 1. The minimum atomic E-state index is 0.160. The zero-order chi connectivity index (χ0) is 13.8. The summed E-state index contributed by atoms with van der Waals surface area (Å²) in [6.45, 7) is 5.97. The van der Waals surface area contributed by atoms with Crippen molar-refractivity contribution in [3.05, 3.63) is 28.8 Å². The minimum absolute atomic E-state index is 0.160. The predicted octanol–water partition coefficient (Wildman–Crippen LogP) is 1.98. The molecule has 1 aromatic carbocycles. The van der Waals surface area contributed by atoms with E-state index in [2.05, 4.69) is 4.90 Å². The standard InChI is InChI=1S/C14H20ClN3O/c1-11(19)18-6-2-5-17(7-8-18)10-12-3-4-13(15)9-14(12)16/h3-4,9H,2,5-8,10,16H2,1H3. The van der Waals surface area contributed by atoms with Gasteiger partial charge in [-0.25, -0.2) is 0 Å². The number of anilines is 1. The molecule has 0 aliphatic carbocycles. The number of rotatable bonds is 2. The molecule has 19 heavy (non-hydrogen) atoms. The number of benzene rings is 1. The second kappa shape index (κ2) is 6.26. The van der Waals surface area contributed by atoms with Gasteiger partial charge in [-0.15, -0.1) is 0 Å². The number of amides is 1. The van der Waals surface area contributed by atoms with E-state index in [1.54, 1.807) is 13.0 Å². The summed E-state index contributed by atoms with van der Waals surface area (Å²) in [4.78, 5) is 15.6. The van der Waals surface area contributed by atoms with Gasteiger partial charge in [0, 0.05) is 50.4 Å². The van der Waals surface area contributed by atoms with E-state index in [0.29, 0.717) is 5.02 Å². The summed E-state index contributed by atoms with van der Waals surface area (Å²) in [5.41, 5.74) is 7.81. The van der Waals surface area contributed by atoms with Crippen molar-refractivity contribution in [2.75, 3.05) is 31.9 Å². The third kappa shape index (κ3) is 3.85. The lowest BCUT2D eigenvalue weighted by Crippen LogP contribution is -2.33. The second-order valence-electron chi connectivity index (χ2n) is 4.98. The van der Waals surface area contributed by atoms with Crippen molar-refractivity contribution in [2.24, 2.45) is 0 Å². The van der Waals surface area contributed by atoms with E-state index < -0.39 is 0 Å². The van der Waals surface area contributed by atoms with Gasteiger partial charge < -0.3 is 10.6 Å². The molecule has 4 nitrogen and oxygen atoms in total. The average Bonchev–Trinajstić information content (AvgIpc) is 2.58. The number of carbonyl (C=O) groups is 1. The Morgan fingerprint density at radius 1 is 1.32 bits per heavy atom. The van der Waals surface area contributed by atoms with E-state index in [4.69, 9.17) is 17.3 Å². The summed E-state index contributed by atoms with van der Waals surface area (Å²) in [5, 5.41) is 0.667. The van der Waals surface area contributed by atoms with Crippen LogP contribution in [0.5, 0.6) is 0 Å². The van der Waals surface area contributed by atoms with Crippen LogP contribution in [0.1, 0.15) is 18.9 Å². The summed E-state index contributed by atoms with van der Waals surface area (Å²) in [5.74, 6) is 0.160. The lowest BCUT2D eigenvalue weighted by atomic mass is 10.1. The Hall–Kier alpha value is -1.26. The zero-order valence-electron chi connectivity index (χ0n) is 11.2. The van der Waals surface area contributed by atoms with Gasteiger partial charge in [-0.2, -0.15) is 0 Å². The van der Waals surface area contributed by atoms with Crippen molar-refractivity contribution in [3.8, 4) is 0 Å². The topological polar surface area (TPSA) is 49.6 Å². The number of carbonyl (C=O) groups excluding carboxylic acids is 1. The highest BCUT2D eigenvalue weighted by Gasteiger charge is 2.17. The van der Waals surface area contributed by atoms with E-state index in [-0.39, 0.29) is 5.91 Å². The molecule has 1 amide bonds. The van der Waals surface area contributed by atoms with Crippen LogP contribution in [0.3, 0.4) is 0 Å². The number of hydrogen-bond acceptors (Lipinski definition) is 3. The molecule has 5 heteroatoms. The number of halogens is 1. The molecule has 0 spiro atoms. The van der Waals surface area contributed by atoms with Gasteiger partial charge >= 0.3 is 0 Å². The Morgan fingerprint density at radius 3 is 2.79 bits per heavy atom. The number of nitrogens with zero attached hydrogens (tertiary/aromatic N) is 2. The van der Waals surface area contributed by atoms with Crippen molar-refractivity contribution in [3.63, 3.8) is 0 Å². The highest BCUT2D eigenvalue weighted by Crippen LogP contribution is 2.20. The molecule has 0 aromatic heterocycles. The van der Waals surface area contributed by atoms with Gasteiger partial charge in [-0.05, 0) is 24.1 Å². The molecule has 0 radical (unpaired) electrons. The summed E-state index contributed by atoms with van der Waals surface area (Å²) in [7, 11) is 0. The molecule has 0 bridgehead atoms. The van der Waals surface area contributed by atoms with E-state index in [0.717, 1.165) is 50.4 Å². The van der Waals surface area contributed by atoms with Gasteiger partial charge in [0.25, 0.3) is 0 Å². The van der Waals surface area contributed by atoms with Crippen LogP contribution in [0.25, 0.3) is 0 Å². The normalized spacial score (nSPS) is 17.3. The van der Waals surface area contributed by atoms with Crippen LogP contribution in [-0.4, -0.2) is 41.9 Å². The molecule has 1 aliphatic heterocycles. The van der Waals surface area contributed by atoms with E-state index in [1.807, 2.05) is 17.0 Å². The summed E-state index contributed by atoms with van der Waals surface area (Å²) in [6, 6.07) is 5.63. The Labute approximate surface area is 119 Å². The third-order valence-electron chi connectivity index (χ3n) is 3.54. The van der Waals surface area contributed by atoms with Gasteiger partial charge in [0.2, 0.25) is 5.91 Å². The summed E-state index contributed by atoms with van der Waals surface area (Å²) >= 11 is 5.90. The molecule has 1 saturated heterocycles. The first-order valence-corrected chi connectivity index (χ1v) is 6.96. The molecule has 2 N–H and O–H groups in total. The predicted molar refractivity (Wildman–Crippen MR) is 78.0 cm³/mol. The van der Waals surface area contributed by atoms with Crippen LogP contribution in [-0.2, 0) is 11.3 Å². The van der Waals surface area contributed by atoms with E-state index in [9.17, 15) is 4.79 Å². The second-order valence-corrected chi connectivity index (χ2v) is 5.42. The third-order valence-corrected chi connectivity index (χ3v) is 3.77. The fourth-order valence-corrected chi connectivity index (χ4v) is 2.58. The Morgan fingerprint density at radius 2 is 2.11 bits per heavy atom. The van der Waals surface area contributed by atoms with Crippen molar-refractivity contribution in [2.45, 2.75) is 19.9 Å². The molecular formula is C14H20ClN3O.